The van der Waals surface area contributed by atoms with E-state index in [1.165, 1.54) is 6.08 Å². The summed E-state index contributed by atoms with van der Waals surface area (Å²) in [5, 5.41) is 5.99. The molecule has 3 saturated heterocycles. The molecule has 5 heterocycles. The van der Waals surface area contributed by atoms with E-state index in [1.807, 2.05) is 29.2 Å². The standard InChI is InChI=1S/C34H33ClF2N6O2/c1-2-27(44)43-16-19-12-25(26(43)13-19)39-32-23-15-38-30(22-8-3-6-20-7-4-9-24(35)28(20)22)29(37)31(23)40-33(41-32)45-18-34-10-5-11-42(34)17-21(36)14-34/h2-4,6-9,15,19,21,25-26H,1,5,10-14,16-18H2,(H,39,40,41)/t19?,21-,25?,26?,34+/m1/s1. The van der Waals surface area contributed by atoms with Crippen molar-refractivity contribution in [3.05, 3.63) is 66.1 Å². The Labute approximate surface area is 264 Å². The second-order valence-electron chi connectivity index (χ2n) is 12.9. The molecule has 3 unspecified atom stereocenters. The van der Waals surface area contributed by atoms with Gasteiger partial charge in [0.05, 0.1) is 17.0 Å². The average molecular weight is 631 g/mol. The van der Waals surface area contributed by atoms with Gasteiger partial charge in [-0.3, -0.25) is 14.7 Å². The maximum atomic E-state index is 16.7. The fourth-order valence-corrected chi connectivity index (χ4v) is 8.55. The lowest BCUT2D eigenvalue weighted by molar-refractivity contribution is -0.127. The predicted octanol–water partition coefficient (Wildman–Crippen LogP) is 6.18. The zero-order valence-electron chi connectivity index (χ0n) is 24.7. The van der Waals surface area contributed by atoms with E-state index in [-0.39, 0.29) is 41.8 Å². The topological polar surface area (TPSA) is 83.5 Å². The van der Waals surface area contributed by atoms with Crippen LogP contribution in [-0.4, -0.2) is 80.7 Å². The highest BCUT2D eigenvalue weighted by Gasteiger charge is 2.50. The largest absolute Gasteiger partial charge is 0.461 e. The lowest BCUT2D eigenvalue weighted by atomic mass is 9.95. The molecule has 4 fully saturated rings. The number of benzene rings is 2. The highest BCUT2D eigenvalue weighted by molar-refractivity contribution is 6.36. The van der Waals surface area contributed by atoms with Crippen molar-refractivity contribution < 1.29 is 18.3 Å². The number of carbonyl (C=O) groups excluding carboxylic acids is 1. The summed E-state index contributed by atoms with van der Waals surface area (Å²) in [7, 11) is 0. The minimum Gasteiger partial charge on any atom is -0.461 e. The summed E-state index contributed by atoms with van der Waals surface area (Å²) in [5.74, 6) is 0.0426. The fraction of sp³-hybridized carbons (Fsp3) is 0.412. The number of nitrogens with one attached hydrogen (secondary N) is 1. The number of alkyl halides is 1. The Morgan fingerprint density at radius 3 is 2.87 bits per heavy atom. The van der Waals surface area contributed by atoms with Crippen LogP contribution in [0.25, 0.3) is 32.9 Å². The van der Waals surface area contributed by atoms with Gasteiger partial charge in [0.1, 0.15) is 29.8 Å². The first-order valence-corrected chi connectivity index (χ1v) is 16.0. The zero-order valence-corrected chi connectivity index (χ0v) is 25.4. The summed E-state index contributed by atoms with van der Waals surface area (Å²) >= 11 is 6.59. The van der Waals surface area contributed by atoms with E-state index in [0.29, 0.717) is 52.6 Å². The molecule has 5 atom stereocenters. The van der Waals surface area contributed by atoms with Gasteiger partial charge < -0.3 is 15.0 Å². The average Bonchev–Trinajstić information content (AvgIpc) is 3.80. The van der Waals surface area contributed by atoms with Crippen molar-refractivity contribution in [2.45, 2.75) is 55.9 Å². The maximum Gasteiger partial charge on any atom is 0.319 e. The number of hydrogen-bond donors (Lipinski definition) is 1. The second-order valence-corrected chi connectivity index (χ2v) is 13.3. The molecule has 1 N–H and O–H groups in total. The third kappa shape index (κ3) is 4.72. The van der Waals surface area contributed by atoms with Crippen LogP contribution in [0, 0.1) is 11.7 Å². The minimum absolute atomic E-state index is 0.0164. The predicted molar refractivity (Wildman–Crippen MR) is 170 cm³/mol. The Morgan fingerprint density at radius 1 is 1.20 bits per heavy atom. The number of ether oxygens (including phenoxy) is 1. The summed E-state index contributed by atoms with van der Waals surface area (Å²) in [6.07, 6.45) is 5.96. The van der Waals surface area contributed by atoms with Gasteiger partial charge in [0.2, 0.25) is 5.91 Å². The first-order valence-electron chi connectivity index (χ1n) is 15.6. The van der Waals surface area contributed by atoms with Crippen LogP contribution in [0.2, 0.25) is 5.02 Å². The zero-order chi connectivity index (χ0) is 30.9. The number of hydrogen-bond acceptors (Lipinski definition) is 7. The van der Waals surface area contributed by atoms with Crippen molar-refractivity contribution in [3.63, 3.8) is 0 Å². The van der Waals surface area contributed by atoms with Gasteiger partial charge in [-0.15, -0.1) is 0 Å². The first-order chi connectivity index (χ1) is 21.8. The molecule has 2 bridgehead atoms. The number of halogens is 3. The summed E-state index contributed by atoms with van der Waals surface area (Å²) in [5.41, 5.74) is 0.328. The Balaban J connectivity index is 1.21. The number of amides is 1. The normalized spacial score (nSPS) is 27.4. The molecule has 1 saturated carbocycles. The van der Waals surface area contributed by atoms with Crippen LogP contribution in [0.4, 0.5) is 14.6 Å². The van der Waals surface area contributed by atoms with E-state index < -0.39 is 17.5 Å². The minimum atomic E-state index is -0.902. The van der Waals surface area contributed by atoms with Gasteiger partial charge in [-0.1, -0.05) is 48.5 Å². The van der Waals surface area contributed by atoms with Crippen molar-refractivity contribution >= 4 is 45.0 Å². The number of rotatable bonds is 7. The lowest BCUT2D eigenvalue weighted by Crippen LogP contribution is -2.47. The van der Waals surface area contributed by atoms with Crippen LogP contribution < -0.4 is 10.1 Å². The summed E-state index contributed by atoms with van der Waals surface area (Å²) in [6.45, 7) is 5.81. The number of carbonyl (C=O) groups is 1. The van der Waals surface area contributed by atoms with Crippen molar-refractivity contribution in [2.75, 3.05) is 31.6 Å². The maximum absolute atomic E-state index is 16.7. The van der Waals surface area contributed by atoms with Crippen molar-refractivity contribution in [2.24, 2.45) is 5.92 Å². The number of piperidine rings is 1. The highest BCUT2D eigenvalue weighted by atomic mass is 35.5. The number of nitrogens with zero attached hydrogens (tertiary/aromatic N) is 5. The third-order valence-corrected chi connectivity index (χ3v) is 10.6. The molecule has 2 aromatic carbocycles. The molecule has 1 aliphatic carbocycles. The van der Waals surface area contributed by atoms with Crippen LogP contribution in [0.3, 0.4) is 0 Å². The van der Waals surface area contributed by atoms with Gasteiger partial charge in [0.15, 0.2) is 5.82 Å². The summed E-state index contributed by atoms with van der Waals surface area (Å²) in [6, 6.07) is 11.0. The Hall–Kier alpha value is -3.89. The molecule has 4 aliphatic rings. The van der Waals surface area contributed by atoms with Gasteiger partial charge in [0, 0.05) is 47.7 Å². The number of anilines is 1. The van der Waals surface area contributed by atoms with Gasteiger partial charge in [-0.25, -0.2) is 8.78 Å². The molecular weight excluding hydrogens is 598 g/mol. The van der Waals surface area contributed by atoms with Gasteiger partial charge in [0.25, 0.3) is 0 Å². The molecule has 2 aromatic heterocycles. The molecule has 3 aliphatic heterocycles. The van der Waals surface area contributed by atoms with E-state index in [2.05, 4.69) is 26.8 Å². The second kappa shape index (κ2) is 10.9. The highest BCUT2D eigenvalue weighted by Crippen LogP contribution is 2.43. The molecule has 0 spiro atoms. The summed E-state index contributed by atoms with van der Waals surface area (Å²) < 4.78 is 37.3. The third-order valence-electron chi connectivity index (χ3n) is 10.3. The smallest absolute Gasteiger partial charge is 0.319 e. The monoisotopic (exact) mass is 630 g/mol. The van der Waals surface area contributed by atoms with Crippen LogP contribution in [-0.2, 0) is 4.79 Å². The molecule has 1 amide bonds. The Bertz CT molecular complexity index is 1850. The molecule has 45 heavy (non-hydrogen) atoms. The molecule has 232 valence electrons. The van der Waals surface area contributed by atoms with Crippen molar-refractivity contribution in [3.8, 4) is 17.3 Å². The van der Waals surface area contributed by atoms with Crippen LogP contribution >= 0.6 is 11.6 Å². The van der Waals surface area contributed by atoms with E-state index in [1.54, 1.807) is 18.3 Å². The molecule has 0 radical (unpaired) electrons. The SMILES string of the molecule is C=CC(=O)N1CC2CC(Nc3nc(OC[C@@]45CCCN4C[C@H](F)C5)nc4c(F)c(-c5cccc6cccc(Cl)c56)ncc34)C1C2. The van der Waals surface area contributed by atoms with Crippen LogP contribution in [0.5, 0.6) is 6.01 Å². The number of pyridine rings is 1. The fourth-order valence-electron chi connectivity index (χ4n) is 8.27. The van der Waals surface area contributed by atoms with E-state index >= 15 is 4.39 Å². The van der Waals surface area contributed by atoms with Crippen LogP contribution in [0.1, 0.15) is 32.1 Å². The molecule has 8 nitrogen and oxygen atoms in total. The number of likely N-dealkylation sites (tertiary alicyclic amines) is 1. The molecule has 8 rings (SSSR count). The number of aromatic nitrogens is 3. The van der Waals surface area contributed by atoms with Gasteiger partial charge in [-0.2, -0.15) is 9.97 Å². The quantitative estimate of drug-likeness (QED) is 0.244. The molecule has 4 aromatic rings. The van der Waals surface area contributed by atoms with Gasteiger partial charge >= 0.3 is 6.01 Å². The van der Waals surface area contributed by atoms with E-state index in [0.717, 1.165) is 37.6 Å². The molecular formula is C34H33ClF2N6O2. The van der Waals surface area contributed by atoms with Crippen molar-refractivity contribution in [1.29, 1.82) is 0 Å². The van der Waals surface area contributed by atoms with E-state index in [4.69, 9.17) is 21.3 Å². The molecule has 11 heteroatoms. The Morgan fingerprint density at radius 2 is 2.04 bits per heavy atom. The Kier molecular flexibility index (Phi) is 6.91. The van der Waals surface area contributed by atoms with Gasteiger partial charge in [-0.05, 0) is 55.7 Å². The van der Waals surface area contributed by atoms with Crippen LogP contribution in [0.15, 0.2) is 55.3 Å². The lowest BCUT2D eigenvalue weighted by Gasteiger charge is -2.33. The first kappa shape index (κ1) is 28.6. The summed E-state index contributed by atoms with van der Waals surface area (Å²) in [4.78, 5) is 30.5. The van der Waals surface area contributed by atoms with Crippen molar-refractivity contribution in [1.82, 2.24) is 24.8 Å². The number of fused-ring (bicyclic) bond motifs is 5. The van der Waals surface area contributed by atoms with E-state index in [9.17, 15) is 9.18 Å².